The Hall–Kier alpha value is -3.48. The summed E-state index contributed by atoms with van der Waals surface area (Å²) in [6, 6.07) is 12.3. The van der Waals surface area contributed by atoms with Crippen molar-refractivity contribution in [1.29, 1.82) is 0 Å². The minimum Gasteiger partial charge on any atom is -0.493 e. The topological polar surface area (TPSA) is 89.8 Å². The third kappa shape index (κ3) is 4.34. The largest absolute Gasteiger partial charge is 0.493 e. The van der Waals surface area contributed by atoms with Crippen LogP contribution in [0.3, 0.4) is 0 Å². The van der Waals surface area contributed by atoms with E-state index in [0.29, 0.717) is 17.1 Å². The van der Waals surface area contributed by atoms with Crippen LogP contribution in [0, 0.1) is 6.92 Å². The molecule has 0 spiro atoms. The lowest BCUT2D eigenvalue weighted by molar-refractivity contribution is -0.122. The molecule has 0 fully saturated rings. The molecule has 29 heavy (non-hydrogen) atoms. The molecule has 3 aromatic rings. The van der Waals surface area contributed by atoms with E-state index >= 15 is 0 Å². The van der Waals surface area contributed by atoms with Crippen molar-refractivity contribution in [2.45, 2.75) is 19.9 Å². The van der Waals surface area contributed by atoms with Gasteiger partial charge in [0.1, 0.15) is 11.3 Å². The van der Waals surface area contributed by atoms with E-state index in [1.807, 2.05) is 38.1 Å². The van der Waals surface area contributed by atoms with E-state index in [0.717, 1.165) is 22.3 Å². The van der Waals surface area contributed by atoms with Crippen molar-refractivity contribution in [2.75, 3.05) is 20.8 Å². The van der Waals surface area contributed by atoms with E-state index in [-0.39, 0.29) is 24.5 Å². The average molecular weight is 396 g/mol. The number of aryl methyl sites for hydroxylation is 1. The van der Waals surface area contributed by atoms with Crippen molar-refractivity contribution in [1.82, 2.24) is 10.6 Å². The van der Waals surface area contributed by atoms with Crippen LogP contribution in [0.15, 0.2) is 46.9 Å². The van der Waals surface area contributed by atoms with Crippen LogP contribution in [0.25, 0.3) is 11.0 Å². The van der Waals surface area contributed by atoms with E-state index in [1.165, 1.54) is 14.2 Å². The lowest BCUT2D eigenvalue weighted by Gasteiger charge is -2.15. The molecule has 7 heteroatoms. The first-order valence-electron chi connectivity index (χ1n) is 9.25. The van der Waals surface area contributed by atoms with Gasteiger partial charge in [-0.15, -0.1) is 0 Å². The quantitative estimate of drug-likeness (QED) is 0.639. The average Bonchev–Trinajstić information content (AvgIpc) is 3.08. The SMILES string of the molecule is CNC(=O)COc1ccc(C(=O)NC(C)c2oc3ccccc3c2C)cc1OC. The first kappa shape index (κ1) is 20.3. The number of ether oxygens (including phenoxy) is 2. The highest BCUT2D eigenvalue weighted by molar-refractivity contribution is 5.95. The van der Waals surface area contributed by atoms with Gasteiger partial charge in [-0.3, -0.25) is 9.59 Å². The third-order valence-corrected chi connectivity index (χ3v) is 4.68. The predicted molar refractivity (Wildman–Crippen MR) is 109 cm³/mol. The zero-order valence-corrected chi connectivity index (χ0v) is 16.9. The van der Waals surface area contributed by atoms with Gasteiger partial charge in [-0.2, -0.15) is 0 Å². The number of furan rings is 1. The Morgan fingerprint density at radius 3 is 2.59 bits per heavy atom. The fourth-order valence-corrected chi connectivity index (χ4v) is 3.10. The molecule has 0 aliphatic rings. The Kier molecular flexibility index (Phi) is 6.07. The molecule has 152 valence electrons. The maximum absolute atomic E-state index is 12.7. The number of amides is 2. The lowest BCUT2D eigenvalue weighted by Crippen LogP contribution is -2.27. The number of hydrogen-bond acceptors (Lipinski definition) is 5. The van der Waals surface area contributed by atoms with Gasteiger partial charge in [0.15, 0.2) is 18.1 Å². The molecule has 1 atom stereocenters. The third-order valence-electron chi connectivity index (χ3n) is 4.68. The highest BCUT2D eigenvalue weighted by atomic mass is 16.5. The van der Waals surface area contributed by atoms with Gasteiger partial charge in [0.2, 0.25) is 0 Å². The molecule has 0 aliphatic heterocycles. The number of rotatable bonds is 7. The Balaban J connectivity index is 1.75. The summed E-state index contributed by atoms with van der Waals surface area (Å²) in [5.74, 6) is 0.942. The number of fused-ring (bicyclic) bond motifs is 1. The molecule has 2 N–H and O–H groups in total. The summed E-state index contributed by atoms with van der Waals surface area (Å²) >= 11 is 0. The molecule has 1 unspecified atom stereocenters. The minimum atomic E-state index is -0.315. The Bertz CT molecular complexity index is 1040. The van der Waals surface area contributed by atoms with Crippen molar-refractivity contribution in [2.24, 2.45) is 0 Å². The Morgan fingerprint density at radius 1 is 1.14 bits per heavy atom. The fraction of sp³-hybridized carbons (Fsp3) is 0.273. The van der Waals surface area contributed by atoms with Crippen LogP contribution < -0.4 is 20.1 Å². The van der Waals surface area contributed by atoms with Gasteiger partial charge in [0.25, 0.3) is 11.8 Å². The number of para-hydroxylation sites is 1. The monoisotopic (exact) mass is 396 g/mol. The molecule has 0 saturated carbocycles. The van der Waals surface area contributed by atoms with Crippen molar-refractivity contribution < 1.29 is 23.5 Å². The highest BCUT2D eigenvalue weighted by Crippen LogP contribution is 2.30. The van der Waals surface area contributed by atoms with Crippen LogP contribution in [0.1, 0.15) is 34.6 Å². The van der Waals surface area contributed by atoms with E-state index in [2.05, 4.69) is 10.6 Å². The molecule has 0 saturated heterocycles. The van der Waals surface area contributed by atoms with Crippen molar-refractivity contribution in [3.63, 3.8) is 0 Å². The number of benzene rings is 2. The summed E-state index contributed by atoms with van der Waals surface area (Å²) < 4.78 is 16.7. The summed E-state index contributed by atoms with van der Waals surface area (Å²) in [5.41, 5.74) is 2.21. The summed E-state index contributed by atoms with van der Waals surface area (Å²) in [4.78, 5) is 24.1. The molecule has 1 aromatic heterocycles. The number of hydrogen-bond donors (Lipinski definition) is 2. The number of likely N-dealkylation sites (N-methyl/N-ethyl adjacent to an activating group) is 1. The molecule has 3 rings (SSSR count). The second-order valence-corrected chi connectivity index (χ2v) is 6.61. The Morgan fingerprint density at radius 2 is 1.90 bits per heavy atom. The molecular formula is C22H24N2O5. The van der Waals surface area contributed by atoms with Gasteiger partial charge in [-0.25, -0.2) is 0 Å². The number of methoxy groups -OCH3 is 1. The van der Waals surface area contributed by atoms with Gasteiger partial charge >= 0.3 is 0 Å². The minimum absolute atomic E-state index is 0.138. The highest BCUT2D eigenvalue weighted by Gasteiger charge is 2.20. The predicted octanol–water partition coefficient (Wildman–Crippen LogP) is 3.37. The standard InChI is InChI=1S/C22H24N2O5/c1-13-16-7-5-6-8-17(16)29-21(13)14(2)24-22(26)15-9-10-18(19(11-15)27-4)28-12-20(25)23-3/h5-11,14H,12H2,1-4H3,(H,23,25)(H,24,26). The summed E-state index contributed by atoms with van der Waals surface area (Å²) in [7, 11) is 3.01. The van der Waals surface area contributed by atoms with Crippen LogP contribution in [0.2, 0.25) is 0 Å². The maximum Gasteiger partial charge on any atom is 0.257 e. The van der Waals surface area contributed by atoms with Crippen molar-refractivity contribution in [3.05, 3.63) is 59.4 Å². The van der Waals surface area contributed by atoms with Crippen molar-refractivity contribution >= 4 is 22.8 Å². The van der Waals surface area contributed by atoms with Gasteiger partial charge in [-0.05, 0) is 38.1 Å². The number of carbonyl (C=O) groups excluding carboxylic acids is 2. The van der Waals surface area contributed by atoms with E-state index in [4.69, 9.17) is 13.9 Å². The summed E-state index contributed by atoms with van der Waals surface area (Å²) in [6.07, 6.45) is 0. The number of carbonyl (C=O) groups is 2. The Labute approximate surface area is 169 Å². The smallest absolute Gasteiger partial charge is 0.257 e. The van der Waals surface area contributed by atoms with Gasteiger partial charge in [0, 0.05) is 23.6 Å². The van der Waals surface area contributed by atoms with E-state index in [1.54, 1.807) is 18.2 Å². The summed E-state index contributed by atoms with van der Waals surface area (Å²) in [6.45, 7) is 3.72. The fourth-order valence-electron chi connectivity index (χ4n) is 3.10. The summed E-state index contributed by atoms with van der Waals surface area (Å²) in [5, 5.41) is 6.46. The molecule has 1 heterocycles. The molecule has 7 nitrogen and oxygen atoms in total. The zero-order valence-electron chi connectivity index (χ0n) is 16.9. The van der Waals surface area contributed by atoms with E-state index < -0.39 is 0 Å². The lowest BCUT2D eigenvalue weighted by atomic mass is 10.1. The van der Waals surface area contributed by atoms with Gasteiger partial charge in [0.05, 0.1) is 13.2 Å². The molecule has 0 radical (unpaired) electrons. The molecule has 2 amide bonds. The van der Waals surface area contributed by atoms with Crippen LogP contribution >= 0.6 is 0 Å². The van der Waals surface area contributed by atoms with Crippen LogP contribution in [-0.2, 0) is 4.79 Å². The normalized spacial score (nSPS) is 11.7. The maximum atomic E-state index is 12.7. The molecule has 2 aromatic carbocycles. The zero-order chi connectivity index (χ0) is 21.0. The van der Waals surface area contributed by atoms with Crippen molar-refractivity contribution in [3.8, 4) is 11.5 Å². The first-order valence-corrected chi connectivity index (χ1v) is 9.25. The molecular weight excluding hydrogens is 372 g/mol. The van der Waals surface area contributed by atoms with Gasteiger partial charge < -0.3 is 24.5 Å². The first-order chi connectivity index (χ1) is 13.9. The van der Waals surface area contributed by atoms with Crippen LogP contribution in [0.5, 0.6) is 11.5 Å². The second kappa shape index (κ2) is 8.68. The van der Waals surface area contributed by atoms with Crippen LogP contribution in [-0.4, -0.2) is 32.6 Å². The number of nitrogens with one attached hydrogen (secondary N) is 2. The van der Waals surface area contributed by atoms with Gasteiger partial charge in [-0.1, -0.05) is 18.2 Å². The van der Waals surface area contributed by atoms with Crippen LogP contribution in [0.4, 0.5) is 0 Å². The van der Waals surface area contributed by atoms with E-state index in [9.17, 15) is 9.59 Å². The molecule has 0 bridgehead atoms. The molecule has 0 aliphatic carbocycles. The second-order valence-electron chi connectivity index (χ2n) is 6.61.